The summed E-state index contributed by atoms with van der Waals surface area (Å²) in [6, 6.07) is 55.6. The van der Waals surface area contributed by atoms with E-state index in [0.29, 0.717) is 0 Å². The highest BCUT2D eigenvalue weighted by molar-refractivity contribution is 5.82. The fourth-order valence-corrected chi connectivity index (χ4v) is 6.04. The lowest BCUT2D eigenvalue weighted by Crippen LogP contribution is -2.15. The monoisotopic (exact) mass is 683 g/mol. The first-order chi connectivity index (χ1) is 26.1. The van der Waals surface area contributed by atoms with Crippen molar-refractivity contribution >= 4 is 47.3 Å². The van der Waals surface area contributed by atoms with Gasteiger partial charge in [-0.2, -0.15) is 0 Å². The van der Waals surface area contributed by atoms with E-state index in [2.05, 4.69) is 231 Å². The molecule has 0 amide bonds. The molecule has 53 heavy (non-hydrogen) atoms. The highest BCUT2D eigenvalue weighted by Crippen LogP contribution is 2.32. The van der Waals surface area contributed by atoms with Gasteiger partial charge in [0.25, 0.3) is 0 Å². The molecular formula is C52H45N. The standard InChI is InChI=1S/C52H45N/c1-4-13-49(14-5-2)53(50-37-33-45(34-38-50)31-29-43-23-21-41(3)22-24-43)51-39-35-46(36-40-51)32-30-44-27-25-42(26-28-44)15-12-20-52(47-16-8-6-9-17-47)48-18-10-7-11-19-48/h4-40H,1H2,2-3H3/b14-5-,15-12?,31-29?,32-30?,49-13+. The van der Waals surface area contributed by atoms with Gasteiger partial charge in [-0.05, 0) is 94.8 Å². The molecule has 0 saturated carbocycles. The van der Waals surface area contributed by atoms with Crippen LogP contribution in [-0.4, -0.2) is 0 Å². The van der Waals surface area contributed by atoms with E-state index >= 15 is 0 Å². The molecule has 6 aromatic rings. The van der Waals surface area contributed by atoms with Gasteiger partial charge in [-0.3, -0.25) is 0 Å². The normalized spacial score (nSPS) is 11.8. The molecule has 0 aliphatic carbocycles. The zero-order chi connectivity index (χ0) is 36.7. The predicted molar refractivity (Wildman–Crippen MR) is 233 cm³/mol. The van der Waals surface area contributed by atoms with Crippen molar-refractivity contribution in [2.75, 3.05) is 4.90 Å². The molecule has 0 aromatic heterocycles. The largest absolute Gasteiger partial charge is 0.311 e. The topological polar surface area (TPSA) is 3.24 Å². The fourth-order valence-electron chi connectivity index (χ4n) is 6.04. The second kappa shape index (κ2) is 18.5. The van der Waals surface area contributed by atoms with E-state index in [0.717, 1.165) is 39.3 Å². The molecule has 0 aliphatic rings. The highest BCUT2D eigenvalue weighted by Gasteiger charge is 2.13. The maximum atomic E-state index is 3.98. The van der Waals surface area contributed by atoms with Crippen molar-refractivity contribution in [2.24, 2.45) is 0 Å². The number of anilines is 2. The summed E-state index contributed by atoms with van der Waals surface area (Å²) in [6.45, 7) is 8.13. The number of rotatable bonds is 13. The summed E-state index contributed by atoms with van der Waals surface area (Å²) in [6.07, 6.45) is 23.2. The molecule has 0 spiro atoms. The number of benzene rings is 6. The van der Waals surface area contributed by atoms with Gasteiger partial charge < -0.3 is 4.90 Å². The van der Waals surface area contributed by atoms with Crippen LogP contribution >= 0.6 is 0 Å². The Bertz CT molecular complexity index is 2200. The van der Waals surface area contributed by atoms with Crippen LogP contribution in [0.3, 0.4) is 0 Å². The second-order valence-electron chi connectivity index (χ2n) is 12.8. The van der Waals surface area contributed by atoms with Crippen LogP contribution in [-0.2, 0) is 0 Å². The lowest BCUT2D eigenvalue weighted by molar-refractivity contribution is 1.20. The SMILES string of the molecule is C=C/C=C(\C=C/C)N(c1ccc(C=Cc2ccc(C)cc2)cc1)c1ccc(C=Cc2ccc(C=CC=C(c3ccccc3)c3ccccc3)cc2)cc1. The maximum Gasteiger partial charge on any atom is 0.0462 e. The zero-order valence-corrected chi connectivity index (χ0v) is 30.5. The zero-order valence-electron chi connectivity index (χ0n) is 30.5. The lowest BCUT2D eigenvalue weighted by Gasteiger charge is -2.26. The first kappa shape index (κ1) is 36.1. The van der Waals surface area contributed by atoms with E-state index in [4.69, 9.17) is 0 Å². The van der Waals surface area contributed by atoms with Crippen LogP contribution in [0.25, 0.3) is 36.0 Å². The number of hydrogen-bond acceptors (Lipinski definition) is 1. The minimum atomic E-state index is 1.04. The summed E-state index contributed by atoms with van der Waals surface area (Å²) in [5.74, 6) is 0. The van der Waals surface area contributed by atoms with Crippen LogP contribution in [0.4, 0.5) is 11.4 Å². The Kier molecular flexibility index (Phi) is 12.6. The summed E-state index contributed by atoms with van der Waals surface area (Å²) >= 11 is 0. The molecule has 0 aliphatic heterocycles. The van der Waals surface area contributed by atoms with E-state index in [1.54, 1.807) is 0 Å². The molecule has 0 unspecified atom stereocenters. The van der Waals surface area contributed by atoms with Crippen LogP contribution in [0, 0.1) is 6.92 Å². The summed E-state index contributed by atoms with van der Waals surface area (Å²) < 4.78 is 0. The summed E-state index contributed by atoms with van der Waals surface area (Å²) in [4.78, 5) is 2.26. The van der Waals surface area contributed by atoms with Crippen molar-refractivity contribution in [3.05, 3.63) is 251 Å². The van der Waals surface area contributed by atoms with Crippen molar-refractivity contribution in [2.45, 2.75) is 13.8 Å². The molecule has 0 bridgehead atoms. The van der Waals surface area contributed by atoms with Crippen LogP contribution in [0.2, 0.25) is 0 Å². The first-order valence-electron chi connectivity index (χ1n) is 18.1. The molecule has 0 N–H and O–H groups in total. The van der Waals surface area contributed by atoms with E-state index < -0.39 is 0 Å². The molecule has 1 heteroatoms. The number of nitrogens with zero attached hydrogens (tertiary/aromatic N) is 1. The Balaban J connectivity index is 1.15. The van der Waals surface area contributed by atoms with Gasteiger partial charge in [0, 0.05) is 17.1 Å². The number of hydrogen-bond donors (Lipinski definition) is 0. The Morgan fingerprint density at radius 2 is 0.868 bits per heavy atom. The van der Waals surface area contributed by atoms with Crippen LogP contribution in [0.1, 0.15) is 51.4 Å². The molecule has 0 fully saturated rings. The maximum absolute atomic E-state index is 3.98. The minimum absolute atomic E-state index is 1.04. The third-order valence-corrected chi connectivity index (χ3v) is 8.86. The minimum Gasteiger partial charge on any atom is -0.311 e. The fraction of sp³-hybridized carbons (Fsp3) is 0.0385. The van der Waals surface area contributed by atoms with Gasteiger partial charge in [0.2, 0.25) is 0 Å². The van der Waals surface area contributed by atoms with Crippen molar-refractivity contribution in [3.63, 3.8) is 0 Å². The van der Waals surface area contributed by atoms with Crippen molar-refractivity contribution in [3.8, 4) is 0 Å². The van der Waals surface area contributed by atoms with Gasteiger partial charge in [-0.25, -0.2) is 0 Å². The van der Waals surface area contributed by atoms with Gasteiger partial charge in [0.15, 0.2) is 0 Å². The van der Waals surface area contributed by atoms with E-state index in [1.165, 1.54) is 27.8 Å². The molecular weight excluding hydrogens is 639 g/mol. The van der Waals surface area contributed by atoms with Gasteiger partial charge in [-0.15, -0.1) is 0 Å². The first-order valence-corrected chi connectivity index (χ1v) is 18.1. The van der Waals surface area contributed by atoms with Crippen molar-refractivity contribution < 1.29 is 0 Å². The summed E-state index contributed by atoms with van der Waals surface area (Å²) in [7, 11) is 0. The van der Waals surface area contributed by atoms with E-state index in [-0.39, 0.29) is 0 Å². The van der Waals surface area contributed by atoms with Gasteiger partial charge in [-0.1, -0.05) is 200 Å². The smallest absolute Gasteiger partial charge is 0.0462 e. The quantitative estimate of drug-likeness (QED) is 0.0865. The molecule has 0 atom stereocenters. The Hall–Kier alpha value is -6.70. The molecule has 1 nitrogen and oxygen atoms in total. The predicted octanol–water partition coefficient (Wildman–Crippen LogP) is 14.3. The number of aryl methyl sites for hydroxylation is 1. The Morgan fingerprint density at radius 1 is 0.472 bits per heavy atom. The average molecular weight is 684 g/mol. The molecule has 6 rings (SSSR count). The average Bonchev–Trinajstić information content (AvgIpc) is 3.21. The Labute approximate surface area is 315 Å². The summed E-state index contributed by atoms with van der Waals surface area (Å²) in [5, 5.41) is 0. The van der Waals surface area contributed by atoms with Crippen LogP contribution < -0.4 is 4.90 Å². The van der Waals surface area contributed by atoms with E-state index in [9.17, 15) is 0 Å². The molecule has 0 saturated heterocycles. The van der Waals surface area contributed by atoms with Crippen molar-refractivity contribution in [1.29, 1.82) is 0 Å². The summed E-state index contributed by atoms with van der Waals surface area (Å²) in [5.41, 5.74) is 13.8. The lowest BCUT2D eigenvalue weighted by atomic mass is 9.97. The van der Waals surface area contributed by atoms with Gasteiger partial charge >= 0.3 is 0 Å². The third kappa shape index (κ3) is 10.2. The van der Waals surface area contributed by atoms with Crippen LogP contribution in [0.15, 0.2) is 206 Å². The van der Waals surface area contributed by atoms with Gasteiger partial charge in [0.1, 0.15) is 0 Å². The molecule has 0 radical (unpaired) electrons. The highest BCUT2D eigenvalue weighted by atomic mass is 15.1. The van der Waals surface area contributed by atoms with Crippen molar-refractivity contribution in [1.82, 2.24) is 0 Å². The van der Waals surface area contributed by atoms with Gasteiger partial charge in [0.05, 0.1) is 0 Å². The molecule has 6 aromatic carbocycles. The third-order valence-electron chi connectivity index (χ3n) is 8.86. The molecule has 0 heterocycles. The number of allylic oxidation sites excluding steroid dienone is 6. The second-order valence-corrected chi connectivity index (χ2v) is 12.8. The van der Waals surface area contributed by atoms with E-state index in [1.807, 2.05) is 19.1 Å². The van der Waals surface area contributed by atoms with Crippen LogP contribution in [0.5, 0.6) is 0 Å². The Morgan fingerprint density at radius 3 is 1.28 bits per heavy atom. The molecule has 258 valence electrons.